The van der Waals surface area contributed by atoms with Crippen molar-refractivity contribution in [2.75, 3.05) is 0 Å². The molecule has 1 aromatic heterocycles. The molecule has 9 nitrogen and oxygen atoms in total. The molecule has 4 N–H and O–H groups in total. The first-order valence-electron chi connectivity index (χ1n) is 14.2. The third-order valence-electron chi connectivity index (χ3n) is 6.38. The molecule has 4 rings (SSSR count). The zero-order valence-corrected chi connectivity index (χ0v) is 31.2. The average molecular weight is 776 g/mol. The van der Waals surface area contributed by atoms with Crippen LogP contribution >= 0.6 is 0 Å². The molecule has 0 saturated heterocycles. The Labute approximate surface area is 290 Å². The van der Waals surface area contributed by atoms with E-state index >= 15 is 0 Å². The summed E-state index contributed by atoms with van der Waals surface area (Å²) in [6.45, 7) is 12.7. The van der Waals surface area contributed by atoms with Gasteiger partial charge in [-0.1, -0.05) is 41.4 Å². The zero-order valence-electron chi connectivity index (χ0n) is 27.3. The van der Waals surface area contributed by atoms with Crippen molar-refractivity contribution in [3.05, 3.63) is 121 Å². The number of oxime groups is 4. The summed E-state index contributed by atoms with van der Waals surface area (Å²) in [5.41, 5.74) is 2.84. The van der Waals surface area contributed by atoms with Gasteiger partial charge in [0.05, 0.1) is 0 Å². The SMILES string of the molecule is CC(=N/O)/C(C)=N/O.CC(=N/O)/C(C)=N/O.CC(C)(C)c1ccncc1.[Co].c1cc[c]([Sn]([c]2ccccc2)[c]2ccccc2)cc1. The summed E-state index contributed by atoms with van der Waals surface area (Å²) in [5.74, 6) is 0. The second-order valence-electron chi connectivity index (χ2n) is 10.7. The Morgan fingerprint density at radius 1 is 0.500 bits per heavy atom. The van der Waals surface area contributed by atoms with Gasteiger partial charge in [0.2, 0.25) is 0 Å². The summed E-state index contributed by atoms with van der Waals surface area (Å²) in [7, 11) is 0. The van der Waals surface area contributed by atoms with E-state index < -0.39 is 19.8 Å². The second-order valence-corrected chi connectivity index (χ2v) is 17.8. The Bertz CT molecular complexity index is 1340. The molecule has 0 unspecified atom stereocenters. The van der Waals surface area contributed by atoms with Crippen molar-refractivity contribution in [1.29, 1.82) is 0 Å². The molecule has 0 atom stereocenters. The topological polar surface area (TPSA) is 143 Å². The van der Waals surface area contributed by atoms with Crippen LogP contribution in [0.15, 0.2) is 136 Å². The monoisotopic (exact) mass is 777 g/mol. The number of pyridine rings is 1. The molecule has 1 heterocycles. The quantitative estimate of drug-likeness (QED) is 0.0858. The van der Waals surface area contributed by atoms with Crippen LogP contribution in [-0.4, -0.2) is 68.4 Å². The molecule has 246 valence electrons. The van der Waals surface area contributed by atoms with Gasteiger partial charge in [-0.15, -0.1) is 0 Å². The van der Waals surface area contributed by atoms with Gasteiger partial charge in [0.25, 0.3) is 0 Å². The Balaban J connectivity index is 0.000000641. The van der Waals surface area contributed by atoms with Gasteiger partial charge in [-0.3, -0.25) is 4.98 Å². The Kier molecular flexibility index (Phi) is 21.3. The van der Waals surface area contributed by atoms with Crippen molar-refractivity contribution in [2.45, 2.75) is 53.9 Å². The number of benzene rings is 3. The molecule has 3 aromatic carbocycles. The van der Waals surface area contributed by atoms with Gasteiger partial charge in [-0.25, -0.2) is 0 Å². The van der Waals surface area contributed by atoms with Crippen molar-refractivity contribution >= 4 is 53.3 Å². The van der Waals surface area contributed by atoms with Gasteiger partial charge in [0.1, 0.15) is 22.8 Å². The molecule has 0 aliphatic carbocycles. The Morgan fingerprint density at radius 3 is 0.957 bits per heavy atom. The van der Waals surface area contributed by atoms with Crippen LogP contribution in [0.5, 0.6) is 0 Å². The van der Waals surface area contributed by atoms with Crippen molar-refractivity contribution in [2.24, 2.45) is 20.6 Å². The van der Waals surface area contributed by atoms with Gasteiger partial charge in [-0.2, -0.15) is 0 Å². The number of rotatable bonds is 5. The molecule has 0 aliphatic rings. The molecule has 11 heteroatoms. The van der Waals surface area contributed by atoms with Gasteiger partial charge < -0.3 is 20.8 Å². The Hall–Kier alpha value is -4.00. The van der Waals surface area contributed by atoms with Gasteiger partial charge in [0.15, 0.2) is 0 Å². The summed E-state index contributed by atoms with van der Waals surface area (Å²) < 4.78 is 4.59. The number of hydrogen-bond donors (Lipinski definition) is 4. The summed E-state index contributed by atoms with van der Waals surface area (Å²) in [6.07, 6.45) is 3.67. The van der Waals surface area contributed by atoms with Crippen LogP contribution in [0, 0.1) is 0 Å². The third-order valence-corrected chi connectivity index (χ3v) is 14.2. The number of nitrogens with zero attached hydrogens (tertiary/aromatic N) is 5. The first-order valence-corrected chi connectivity index (χ1v) is 18.5. The van der Waals surface area contributed by atoms with Gasteiger partial charge >= 0.3 is 121 Å². The molecule has 0 saturated carbocycles. The molecule has 0 bridgehead atoms. The molecule has 0 amide bonds. The Morgan fingerprint density at radius 2 is 0.761 bits per heavy atom. The molecule has 0 aliphatic heterocycles. The fourth-order valence-electron chi connectivity index (χ4n) is 3.46. The first-order chi connectivity index (χ1) is 21.5. The van der Waals surface area contributed by atoms with Crippen LogP contribution < -0.4 is 10.7 Å². The molecule has 0 fully saturated rings. The van der Waals surface area contributed by atoms with Crippen molar-refractivity contribution in [3.8, 4) is 0 Å². The number of hydrogen-bond acceptors (Lipinski definition) is 9. The van der Waals surface area contributed by atoms with E-state index in [-0.39, 0.29) is 22.2 Å². The van der Waals surface area contributed by atoms with Crippen LogP contribution in [0.25, 0.3) is 0 Å². The van der Waals surface area contributed by atoms with Crippen molar-refractivity contribution in [3.63, 3.8) is 0 Å². The zero-order chi connectivity index (χ0) is 33.7. The summed E-state index contributed by atoms with van der Waals surface area (Å²) in [5, 5.41) is 43.3. The maximum atomic E-state index is 8.03. The minimum absolute atomic E-state index is 0. The van der Waals surface area contributed by atoms with Crippen LogP contribution in [0.3, 0.4) is 0 Å². The van der Waals surface area contributed by atoms with Crippen LogP contribution in [-0.2, 0) is 22.2 Å². The summed E-state index contributed by atoms with van der Waals surface area (Å²) in [4.78, 5) is 3.96. The van der Waals surface area contributed by atoms with Crippen molar-refractivity contribution in [1.82, 2.24) is 4.98 Å². The minimum atomic E-state index is -1.98. The van der Waals surface area contributed by atoms with Crippen LogP contribution in [0.1, 0.15) is 54.0 Å². The molecule has 46 heavy (non-hydrogen) atoms. The van der Waals surface area contributed by atoms with E-state index in [0.717, 1.165) is 0 Å². The fourth-order valence-corrected chi connectivity index (χ4v) is 10.8. The van der Waals surface area contributed by atoms with E-state index in [1.807, 2.05) is 12.4 Å². The number of aromatic nitrogens is 1. The normalized spacial score (nSPS) is 11.8. The van der Waals surface area contributed by atoms with E-state index in [1.165, 1.54) is 44.0 Å². The summed E-state index contributed by atoms with van der Waals surface area (Å²) in [6, 6.07) is 37.0. The van der Waals surface area contributed by atoms with Crippen molar-refractivity contribution < 1.29 is 37.6 Å². The standard InChI is InChI=1S/C9H13N.3C6H5.2C4H8N2O2.Co.Sn/c1-9(2,3)8-4-6-10-7-5-8;3*1-2-4-6-5-3-1;2*1-3(5-7)4(2)6-8;;/h4-7H,1-3H3;3*1-5H;2*7-8H,1-2H3;;/b;;;;2*5-3-,6-4+;;. The summed E-state index contributed by atoms with van der Waals surface area (Å²) >= 11 is -1.98. The third kappa shape index (κ3) is 15.8. The second kappa shape index (κ2) is 23.3. The van der Waals surface area contributed by atoms with E-state index in [1.54, 1.807) is 0 Å². The van der Waals surface area contributed by atoms with Gasteiger partial charge in [0, 0.05) is 29.2 Å². The molecule has 4 aromatic rings. The molecule has 2 radical (unpaired) electrons. The van der Waals surface area contributed by atoms with E-state index in [9.17, 15) is 0 Å². The van der Waals surface area contributed by atoms with E-state index in [4.69, 9.17) is 20.8 Å². The predicted octanol–water partition coefficient (Wildman–Crippen LogP) is 5.95. The first kappa shape index (κ1) is 42.0. The van der Waals surface area contributed by atoms with Gasteiger partial charge in [-0.05, 0) is 50.8 Å². The molecular formula is C35H44CoN5O4Sn. The maximum absolute atomic E-state index is 8.03. The predicted molar refractivity (Wildman–Crippen MR) is 187 cm³/mol. The van der Waals surface area contributed by atoms with Crippen LogP contribution in [0.2, 0.25) is 0 Å². The van der Waals surface area contributed by atoms with E-state index in [0.29, 0.717) is 22.8 Å². The molecule has 0 spiro atoms. The molecular weight excluding hydrogens is 732 g/mol. The van der Waals surface area contributed by atoms with E-state index in [2.05, 4.69) is 150 Å². The van der Waals surface area contributed by atoms with Crippen LogP contribution in [0.4, 0.5) is 0 Å². The average Bonchev–Trinajstić information content (AvgIpc) is 3.09. The fraction of sp³-hybridized carbons (Fsp3) is 0.229.